The molecule has 0 saturated carbocycles. The molecule has 0 radical (unpaired) electrons. The van der Waals surface area contributed by atoms with Gasteiger partial charge in [0.2, 0.25) is 0 Å². The summed E-state index contributed by atoms with van der Waals surface area (Å²) in [5.41, 5.74) is 0. The van der Waals surface area contributed by atoms with Crippen LogP contribution in [0.1, 0.15) is 44.9 Å². The van der Waals surface area contributed by atoms with Gasteiger partial charge in [-0.15, -0.1) is 11.3 Å². The SMILES string of the molecule is CCC1CCCN1S(=O)(=O)c1ccc(CNC(C)C)s1. The lowest BCUT2D eigenvalue weighted by Crippen LogP contribution is -2.34. The Morgan fingerprint density at radius 2 is 2.20 bits per heavy atom. The molecule has 1 aliphatic heterocycles. The molecule has 20 heavy (non-hydrogen) atoms. The van der Waals surface area contributed by atoms with E-state index in [2.05, 4.69) is 26.1 Å². The van der Waals surface area contributed by atoms with Crippen molar-refractivity contribution in [2.75, 3.05) is 6.54 Å². The summed E-state index contributed by atoms with van der Waals surface area (Å²) < 4.78 is 27.5. The number of nitrogens with zero attached hydrogens (tertiary/aromatic N) is 1. The van der Waals surface area contributed by atoms with Gasteiger partial charge in [0.1, 0.15) is 4.21 Å². The van der Waals surface area contributed by atoms with E-state index in [4.69, 9.17) is 0 Å². The van der Waals surface area contributed by atoms with Crippen LogP contribution in [0.2, 0.25) is 0 Å². The highest BCUT2D eigenvalue weighted by molar-refractivity contribution is 7.91. The summed E-state index contributed by atoms with van der Waals surface area (Å²) in [5, 5.41) is 3.32. The van der Waals surface area contributed by atoms with E-state index in [1.807, 2.05) is 6.07 Å². The van der Waals surface area contributed by atoms with Gasteiger partial charge < -0.3 is 5.32 Å². The Hall–Kier alpha value is -0.430. The van der Waals surface area contributed by atoms with Gasteiger partial charge in [-0.1, -0.05) is 20.8 Å². The van der Waals surface area contributed by atoms with E-state index in [1.54, 1.807) is 10.4 Å². The molecule has 2 heterocycles. The van der Waals surface area contributed by atoms with Crippen LogP contribution in [-0.4, -0.2) is 31.4 Å². The highest BCUT2D eigenvalue weighted by Crippen LogP contribution is 2.31. The number of rotatable bonds is 6. The summed E-state index contributed by atoms with van der Waals surface area (Å²) in [6.45, 7) is 7.63. The number of hydrogen-bond acceptors (Lipinski definition) is 4. The van der Waals surface area contributed by atoms with Crippen molar-refractivity contribution in [1.82, 2.24) is 9.62 Å². The highest BCUT2D eigenvalue weighted by Gasteiger charge is 2.34. The second-order valence-electron chi connectivity index (χ2n) is 5.58. The smallest absolute Gasteiger partial charge is 0.252 e. The normalized spacial score (nSPS) is 20.9. The Labute approximate surface area is 126 Å². The fourth-order valence-corrected chi connectivity index (χ4v) is 5.75. The molecule has 1 saturated heterocycles. The van der Waals surface area contributed by atoms with Crippen LogP contribution in [-0.2, 0) is 16.6 Å². The maximum Gasteiger partial charge on any atom is 0.252 e. The van der Waals surface area contributed by atoms with Gasteiger partial charge in [0.25, 0.3) is 10.0 Å². The first kappa shape index (κ1) is 15.9. The van der Waals surface area contributed by atoms with Gasteiger partial charge >= 0.3 is 0 Å². The van der Waals surface area contributed by atoms with Crippen molar-refractivity contribution < 1.29 is 8.42 Å². The topological polar surface area (TPSA) is 49.4 Å². The van der Waals surface area contributed by atoms with Crippen molar-refractivity contribution in [3.63, 3.8) is 0 Å². The Morgan fingerprint density at radius 3 is 2.85 bits per heavy atom. The molecule has 0 amide bonds. The maximum atomic E-state index is 12.7. The highest BCUT2D eigenvalue weighted by atomic mass is 32.2. The monoisotopic (exact) mass is 316 g/mol. The van der Waals surface area contributed by atoms with Gasteiger partial charge in [0.05, 0.1) is 0 Å². The summed E-state index contributed by atoms with van der Waals surface area (Å²) in [6.07, 6.45) is 2.86. The fraction of sp³-hybridized carbons (Fsp3) is 0.714. The van der Waals surface area contributed by atoms with Crippen LogP contribution in [0.3, 0.4) is 0 Å². The van der Waals surface area contributed by atoms with E-state index in [9.17, 15) is 8.42 Å². The summed E-state index contributed by atoms with van der Waals surface area (Å²) in [5.74, 6) is 0. The lowest BCUT2D eigenvalue weighted by molar-refractivity contribution is 0.380. The van der Waals surface area contributed by atoms with Crippen molar-refractivity contribution >= 4 is 21.4 Å². The number of sulfonamides is 1. The van der Waals surface area contributed by atoms with Gasteiger partial charge in [-0.2, -0.15) is 4.31 Å². The Morgan fingerprint density at radius 1 is 1.45 bits per heavy atom. The average Bonchev–Trinajstić information content (AvgIpc) is 3.05. The molecule has 6 heteroatoms. The van der Waals surface area contributed by atoms with Crippen molar-refractivity contribution in [2.24, 2.45) is 0 Å². The molecule has 1 atom stereocenters. The largest absolute Gasteiger partial charge is 0.310 e. The molecule has 114 valence electrons. The first-order valence-corrected chi connectivity index (χ1v) is 9.54. The zero-order valence-corrected chi connectivity index (χ0v) is 14.1. The molecular weight excluding hydrogens is 292 g/mol. The van der Waals surface area contributed by atoms with E-state index < -0.39 is 10.0 Å². The number of thiophene rings is 1. The van der Waals surface area contributed by atoms with Crippen LogP contribution >= 0.6 is 11.3 Å². The van der Waals surface area contributed by atoms with E-state index in [0.717, 1.165) is 30.7 Å². The Balaban J connectivity index is 2.13. The first-order chi connectivity index (χ1) is 9.45. The zero-order chi connectivity index (χ0) is 14.8. The molecule has 4 nitrogen and oxygen atoms in total. The van der Waals surface area contributed by atoms with Gasteiger partial charge in [-0.3, -0.25) is 0 Å². The number of hydrogen-bond donors (Lipinski definition) is 1. The molecule has 0 bridgehead atoms. The van der Waals surface area contributed by atoms with Crippen LogP contribution in [0.15, 0.2) is 16.3 Å². The zero-order valence-electron chi connectivity index (χ0n) is 12.4. The third-order valence-corrected chi connectivity index (χ3v) is 7.18. The molecule has 1 fully saturated rings. The lowest BCUT2D eigenvalue weighted by Gasteiger charge is -2.21. The average molecular weight is 316 g/mol. The Bertz CT molecular complexity index is 537. The summed E-state index contributed by atoms with van der Waals surface area (Å²) in [7, 11) is -3.29. The summed E-state index contributed by atoms with van der Waals surface area (Å²) in [4.78, 5) is 1.07. The summed E-state index contributed by atoms with van der Waals surface area (Å²) in [6, 6.07) is 4.26. The van der Waals surface area contributed by atoms with Crippen molar-refractivity contribution in [1.29, 1.82) is 0 Å². The molecular formula is C14H24N2O2S2. The minimum absolute atomic E-state index is 0.180. The first-order valence-electron chi connectivity index (χ1n) is 7.29. The van der Waals surface area contributed by atoms with Crippen molar-refractivity contribution in [3.05, 3.63) is 17.0 Å². The van der Waals surface area contributed by atoms with Gasteiger partial charge in [0.15, 0.2) is 0 Å². The molecule has 1 aliphatic rings. The molecule has 0 spiro atoms. The second-order valence-corrected chi connectivity index (χ2v) is 8.86. The van der Waals surface area contributed by atoms with E-state index >= 15 is 0 Å². The van der Waals surface area contributed by atoms with Gasteiger partial charge in [-0.05, 0) is 31.4 Å². The molecule has 1 unspecified atom stereocenters. The number of nitrogens with one attached hydrogen (secondary N) is 1. The van der Waals surface area contributed by atoms with Crippen molar-refractivity contribution in [3.8, 4) is 0 Å². The molecule has 0 aromatic carbocycles. The molecule has 1 aromatic rings. The summed E-state index contributed by atoms with van der Waals surface area (Å²) >= 11 is 1.39. The van der Waals surface area contributed by atoms with Gasteiger partial charge in [-0.25, -0.2) is 8.42 Å². The van der Waals surface area contributed by atoms with Crippen LogP contribution in [0.5, 0.6) is 0 Å². The predicted octanol–water partition coefficient (Wildman–Crippen LogP) is 2.81. The Kier molecular flexibility index (Phi) is 5.23. The molecule has 2 rings (SSSR count). The molecule has 1 N–H and O–H groups in total. The predicted molar refractivity (Wildman–Crippen MR) is 83.5 cm³/mol. The fourth-order valence-electron chi connectivity index (χ4n) is 2.55. The van der Waals surface area contributed by atoms with Crippen molar-refractivity contribution in [2.45, 2.75) is 62.9 Å². The van der Waals surface area contributed by atoms with Crippen LogP contribution in [0.25, 0.3) is 0 Å². The quantitative estimate of drug-likeness (QED) is 0.878. The molecule has 0 aliphatic carbocycles. The van der Waals surface area contributed by atoms with Gasteiger partial charge in [0, 0.05) is 30.1 Å². The maximum absolute atomic E-state index is 12.7. The van der Waals surface area contributed by atoms with E-state index in [0.29, 0.717) is 16.8 Å². The lowest BCUT2D eigenvalue weighted by atomic mass is 10.2. The van der Waals surface area contributed by atoms with Crippen LogP contribution in [0, 0.1) is 0 Å². The molecule has 1 aromatic heterocycles. The minimum atomic E-state index is -3.29. The van der Waals surface area contributed by atoms with Crippen LogP contribution in [0.4, 0.5) is 0 Å². The van der Waals surface area contributed by atoms with E-state index in [-0.39, 0.29) is 6.04 Å². The van der Waals surface area contributed by atoms with Crippen LogP contribution < -0.4 is 5.32 Å². The van der Waals surface area contributed by atoms with E-state index in [1.165, 1.54) is 11.3 Å². The third kappa shape index (κ3) is 3.42. The third-order valence-electron chi connectivity index (χ3n) is 3.68. The second kappa shape index (κ2) is 6.56. The minimum Gasteiger partial charge on any atom is -0.310 e. The standard InChI is InChI=1S/C14H24N2O2S2/c1-4-12-6-5-9-16(12)20(17,18)14-8-7-13(19-14)10-15-11(2)3/h7-8,11-12,15H,4-6,9-10H2,1-3H3.